The number of aromatic amines is 1. The third-order valence-corrected chi connectivity index (χ3v) is 6.95. The van der Waals surface area contributed by atoms with Crippen LogP contribution < -0.4 is 0 Å². The number of carbonyl (C=O) groups excluding carboxylic acids is 2. The number of nitrogens with zero attached hydrogens (tertiary/aromatic N) is 2. The lowest BCUT2D eigenvalue weighted by Gasteiger charge is -2.47. The zero-order valence-corrected chi connectivity index (χ0v) is 16.9. The molecule has 3 aromatic rings. The minimum Gasteiger partial charge on any atom is -0.356 e. The second-order valence-electron chi connectivity index (χ2n) is 8.82. The first kappa shape index (κ1) is 17.8. The van der Waals surface area contributed by atoms with Crippen LogP contribution in [0.5, 0.6) is 0 Å². The number of aromatic nitrogens is 1. The molecule has 2 aromatic carbocycles. The summed E-state index contributed by atoms with van der Waals surface area (Å²) in [7, 11) is 0. The number of carbonyl (C=O) groups is 2. The molecule has 0 radical (unpaired) electrons. The molecule has 152 valence electrons. The molecule has 0 bridgehead atoms. The molecule has 1 aromatic heterocycles. The number of hydrogen-bond acceptors (Lipinski definition) is 2. The summed E-state index contributed by atoms with van der Waals surface area (Å²) in [6, 6.07) is 18.5. The van der Waals surface area contributed by atoms with Gasteiger partial charge in [0.15, 0.2) is 0 Å². The highest BCUT2D eigenvalue weighted by Gasteiger charge is 2.50. The lowest BCUT2D eigenvalue weighted by molar-refractivity contribution is -0.160. The topological polar surface area (TPSA) is 56.4 Å². The van der Waals surface area contributed by atoms with Crippen LogP contribution in [0.25, 0.3) is 10.9 Å². The Morgan fingerprint density at radius 1 is 0.967 bits per heavy atom. The predicted molar refractivity (Wildman–Crippen MR) is 115 cm³/mol. The first-order chi connectivity index (χ1) is 14.7. The number of rotatable bonds is 4. The van der Waals surface area contributed by atoms with E-state index < -0.39 is 0 Å². The molecule has 1 saturated heterocycles. The molecule has 30 heavy (non-hydrogen) atoms. The molecule has 5 nitrogen and oxygen atoms in total. The fourth-order valence-corrected chi connectivity index (χ4v) is 5.35. The number of benzene rings is 2. The number of aryl methyl sites for hydroxylation is 1. The number of para-hydroxylation sites is 1. The minimum atomic E-state index is -0.376. The standard InChI is InChI=1S/C25H25N3O2/c29-23-15-27(17-11-12-17)25(30)22-14-19-18-8-4-5-9-20(18)26-24(19)21(28(22)23)13-10-16-6-2-1-3-7-16/h1-9,17,21-22,26H,10-15H2/t21-,22-/m0/s1. The summed E-state index contributed by atoms with van der Waals surface area (Å²) in [4.78, 5) is 34.0. The van der Waals surface area contributed by atoms with Crippen molar-refractivity contribution in [2.45, 2.75) is 50.2 Å². The second-order valence-corrected chi connectivity index (χ2v) is 8.82. The van der Waals surface area contributed by atoms with Gasteiger partial charge < -0.3 is 14.8 Å². The molecule has 3 heterocycles. The minimum absolute atomic E-state index is 0.0915. The maximum atomic E-state index is 13.4. The molecule has 3 aliphatic rings. The van der Waals surface area contributed by atoms with Gasteiger partial charge in [-0.25, -0.2) is 0 Å². The zero-order valence-electron chi connectivity index (χ0n) is 16.9. The first-order valence-electron chi connectivity index (χ1n) is 11.0. The van der Waals surface area contributed by atoms with Crippen LogP contribution in [0.15, 0.2) is 54.6 Å². The average Bonchev–Trinajstić information content (AvgIpc) is 3.55. The summed E-state index contributed by atoms with van der Waals surface area (Å²) in [6.45, 7) is 0.234. The molecule has 6 rings (SSSR count). The van der Waals surface area contributed by atoms with Crippen molar-refractivity contribution in [3.63, 3.8) is 0 Å². The first-order valence-corrected chi connectivity index (χ1v) is 11.0. The summed E-state index contributed by atoms with van der Waals surface area (Å²) in [5.74, 6) is 0.228. The van der Waals surface area contributed by atoms with Crippen LogP contribution in [-0.4, -0.2) is 45.2 Å². The van der Waals surface area contributed by atoms with E-state index in [1.54, 1.807) is 0 Å². The number of piperazine rings is 1. The van der Waals surface area contributed by atoms with Crippen LogP contribution >= 0.6 is 0 Å². The van der Waals surface area contributed by atoms with Crippen LogP contribution in [0.3, 0.4) is 0 Å². The van der Waals surface area contributed by atoms with Crippen molar-refractivity contribution < 1.29 is 9.59 Å². The highest BCUT2D eigenvalue weighted by molar-refractivity contribution is 5.97. The Morgan fingerprint density at radius 2 is 1.73 bits per heavy atom. The van der Waals surface area contributed by atoms with Crippen molar-refractivity contribution in [3.8, 4) is 0 Å². The third-order valence-electron chi connectivity index (χ3n) is 6.95. The van der Waals surface area contributed by atoms with Crippen molar-refractivity contribution in [3.05, 3.63) is 71.4 Å². The molecule has 1 saturated carbocycles. The van der Waals surface area contributed by atoms with E-state index in [1.165, 1.54) is 16.5 Å². The molecule has 1 N–H and O–H groups in total. The lowest BCUT2D eigenvalue weighted by Crippen LogP contribution is -2.63. The van der Waals surface area contributed by atoms with Crippen LogP contribution in [0.1, 0.15) is 42.1 Å². The number of amides is 2. The molecular weight excluding hydrogens is 374 g/mol. The summed E-state index contributed by atoms with van der Waals surface area (Å²) in [6.07, 6.45) is 4.35. The van der Waals surface area contributed by atoms with Gasteiger partial charge in [0.1, 0.15) is 12.6 Å². The molecule has 2 aliphatic heterocycles. The summed E-state index contributed by atoms with van der Waals surface area (Å²) < 4.78 is 0. The highest BCUT2D eigenvalue weighted by Crippen LogP contribution is 2.42. The van der Waals surface area contributed by atoms with Gasteiger partial charge in [0, 0.05) is 29.1 Å². The number of fused-ring (bicyclic) bond motifs is 4. The smallest absolute Gasteiger partial charge is 0.246 e. The third kappa shape index (κ3) is 2.76. The van der Waals surface area contributed by atoms with E-state index in [0.717, 1.165) is 36.9 Å². The Bertz CT molecular complexity index is 1130. The fraction of sp³-hybridized carbons (Fsp3) is 0.360. The number of hydrogen-bond donors (Lipinski definition) is 1. The van der Waals surface area contributed by atoms with E-state index in [4.69, 9.17) is 0 Å². The van der Waals surface area contributed by atoms with E-state index in [0.29, 0.717) is 6.42 Å². The monoisotopic (exact) mass is 399 g/mol. The molecule has 5 heteroatoms. The normalized spacial score (nSPS) is 23.6. The van der Waals surface area contributed by atoms with Crippen LogP contribution in [-0.2, 0) is 22.4 Å². The summed E-state index contributed by atoms with van der Waals surface area (Å²) in [5, 5.41) is 1.18. The molecule has 2 fully saturated rings. The predicted octanol–water partition coefficient (Wildman–Crippen LogP) is 3.60. The second kappa shape index (κ2) is 6.73. The van der Waals surface area contributed by atoms with Crippen molar-refractivity contribution in [2.24, 2.45) is 0 Å². The van der Waals surface area contributed by atoms with Crippen molar-refractivity contribution in [1.29, 1.82) is 0 Å². The molecule has 0 spiro atoms. The molecular formula is C25H25N3O2. The Balaban J connectivity index is 1.42. The fourth-order valence-electron chi connectivity index (χ4n) is 5.35. The van der Waals surface area contributed by atoms with Gasteiger partial charge in [-0.2, -0.15) is 0 Å². The van der Waals surface area contributed by atoms with Crippen molar-refractivity contribution in [1.82, 2.24) is 14.8 Å². The molecule has 2 amide bonds. The summed E-state index contributed by atoms with van der Waals surface area (Å²) >= 11 is 0. The number of nitrogens with one attached hydrogen (secondary N) is 1. The average molecular weight is 399 g/mol. The Hall–Kier alpha value is -3.08. The molecule has 1 aliphatic carbocycles. The largest absolute Gasteiger partial charge is 0.356 e. The van der Waals surface area contributed by atoms with Crippen molar-refractivity contribution >= 4 is 22.7 Å². The van der Waals surface area contributed by atoms with E-state index >= 15 is 0 Å². The van der Waals surface area contributed by atoms with E-state index in [2.05, 4.69) is 41.4 Å². The van der Waals surface area contributed by atoms with Crippen LogP contribution in [0.4, 0.5) is 0 Å². The van der Waals surface area contributed by atoms with Gasteiger partial charge in [0.25, 0.3) is 0 Å². The van der Waals surface area contributed by atoms with E-state index in [1.807, 2.05) is 28.0 Å². The van der Waals surface area contributed by atoms with Gasteiger partial charge in [-0.1, -0.05) is 48.5 Å². The van der Waals surface area contributed by atoms with Gasteiger partial charge in [-0.15, -0.1) is 0 Å². The maximum absolute atomic E-state index is 13.4. The van der Waals surface area contributed by atoms with E-state index in [9.17, 15) is 9.59 Å². The van der Waals surface area contributed by atoms with Gasteiger partial charge >= 0.3 is 0 Å². The van der Waals surface area contributed by atoms with Gasteiger partial charge in [0.05, 0.1) is 6.04 Å². The summed E-state index contributed by atoms with van der Waals surface area (Å²) in [5.41, 5.74) is 4.67. The zero-order chi connectivity index (χ0) is 20.2. The van der Waals surface area contributed by atoms with Gasteiger partial charge in [-0.05, 0) is 42.9 Å². The van der Waals surface area contributed by atoms with Crippen LogP contribution in [0, 0.1) is 0 Å². The lowest BCUT2D eigenvalue weighted by atomic mass is 9.86. The van der Waals surface area contributed by atoms with E-state index in [-0.39, 0.29) is 36.5 Å². The highest BCUT2D eigenvalue weighted by atomic mass is 16.2. The molecule has 0 unspecified atom stereocenters. The van der Waals surface area contributed by atoms with Crippen molar-refractivity contribution in [2.75, 3.05) is 6.54 Å². The van der Waals surface area contributed by atoms with Gasteiger partial charge in [0.2, 0.25) is 11.8 Å². The molecule has 2 atom stereocenters. The Labute approximate surface area is 175 Å². The number of H-pyrrole nitrogens is 1. The van der Waals surface area contributed by atoms with Crippen LogP contribution in [0.2, 0.25) is 0 Å². The quantitative estimate of drug-likeness (QED) is 0.729. The Kier molecular flexibility index (Phi) is 3.98. The Morgan fingerprint density at radius 3 is 2.53 bits per heavy atom. The maximum Gasteiger partial charge on any atom is 0.246 e. The van der Waals surface area contributed by atoms with Gasteiger partial charge in [-0.3, -0.25) is 9.59 Å². The SMILES string of the molecule is O=C1[C@@H]2Cc3c([nH]c4ccccc34)[C@H](CCc3ccccc3)N2C(=O)CN1C1CC1.